The van der Waals surface area contributed by atoms with Crippen LogP contribution in [0.25, 0.3) is 0 Å². The number of amides is 1. The van der Waals surface area contributed by atoms with E-state index in [1.54, 1.807) is 42.5 Å². The van der Waals surface area contributed by atoms with Crippen LogP contribution in [-0.2, 0) is 4.79 Å². The lowest BCUT2D eigenvalue weighted by molar-refractivity contribution is -0.116. The summed E-state index contributed by atoms with van der Waals surface area (Å²) < 4.78 is 10.4. The van der Waals surface area contributed by atoms with E-state index in [1.165, 1.54) is 26.0 Å². The second-order valence-corrected chi connectivity index (χ2v) is 4.97. The van der Waals surface area contributed by atoms with Gasteiger partial charge in [-0.1, -0.05) is 30.3 Å². The van der Waals surface area contributed by atoms with Crippen molar-refractivity contribution >= 4 is 17.4 Å². The molecule has 1 amide bonds. The standard InChI is InChI=1S/C18H19NO4/c1-13(20)19(12-18(21)14-7-5-4-6-8-14)15-9-16(22-2)11-17(10-15)23-3/h4-11H,12H2,1-3H3. The maximum absolute atomic E-state index is 12.4. The fraction of sp³-hybridized carbons (Fsp3) is 0.222. The maximum Gasteiger partial charge on any atom is 0.224 e. The Labute approximate surface area is 135 Å². The van der Waals surface area contributed by atoms with E-state index in [9.17, 15) is 9.59 Å². The Hall–Kier alpha value is -2.82. The van der Waals surface area contributed by atoms with Gasteiger partial charge in [-0.3, -0.25) is 9.59 Å². The van der Waals surface area contributed by atoms with Crippen molar-refractivity contribution in [3.8, 4) is 11.5 Å². The average Bonchev–Trinajstić information content (AvgIpc) is 2.59. The SMILES string of the molecule is COc1cc(OC)cc(N(CC(=O)c2ccccc2)C(C)=O)c1. The number of hydrogen-bond donors (Lipinski definition) is 0. The Bertz CT molecular complexity index is 675. The first-order valence-corrected chi connectivity index (χ1v) is 7.14. The molecule has 23 heavy (non-hydrogen) atoms. The number of hydrogen-bond acceptors (Lipinski definition) is 4. The van der Waals surface area contributed by atoms with E-state index in [0.717, 1.165) is 0 Å². The highest BCUT2D eigenvalue weighted by Gasteiger charge is 2.18. The van der Waals surface area contributed by atoms with Gasteiger partial charge in [-0.15, -0.1) is 0 Å². The number of benzene rings is 2. The third-order valence-corrected chi connectivity index (χ3v) is 3.43. The molecule has 2 aromatic rings. The zero-order valence-electron chi connectivity index (χ0n) is 13.4. The van der Waals surface area contributed by atoms with E-state index in [2.05, 4.69) is 0 Å². The molecule has 0 heterocycles. The van der Waals surface area contributed by atoms with Crippen molar-refractivity contribution in [2.75, 3.05) is 25.7 Å². The third-order valence-electron chi connectivity index (χ3n) is 3.43. The van der Waals surface area contributed by atoms with Crippen LogP contribution in [0, 0.1) is 0 Å². The number of nitrogens with zero attached hydrogens (tertiary/aromatic N) is 1. The number of ether oxygens (including phenoxy) is 2. The van der Waals surface area contributed by atoms with E-state index in [0.29, 0.717) is 22.7 Å². The summed E-state index contributed by atoms with van der Waals surface area (Å²) in [5, 5.41) is 0. The molecule has 0 aliphatic carbocycles. The summed E-state index contributed by atoms with van der Waals surface area (Å²) in [6.07, 6.45) is 0. The Morgan fingerprint density at radius 2 is 1.52 bits per heavy atom. The molecule has 0 bridgehead atoms. The zero-order chi connectivity index (χ0) is 16.8. The predicted octanol–water partition coefficient (Wildman–Crippen LogP) is 2.94. The van der Waals surface area contributed by atoms with E-state index in [-0.39, 0.29) is 18.2 Å². The highest BCUT2D eigenvalue weighted by atomic mass is 16.5. The van der Waals surface area contributed by atoms with E-state index >= 15 is 0 Å². The van der Waals surface area contributed by atoms with Crippen LogP contribution in [0.5, 0.6) is 11.5 Å². The monoisotopic (exact) mass is 313 g/mol. The number of rotatable bonds is 6. The molecular formula is C18H19NO4. The molecule has 0 aromatic heterocycles. The zero-order valence-corrected chi connectivity index (χ0v) is 13.4. The first-order chi connectivity index (χ1) is 11.0. The molecule has 2 aromatic carbocycles. The molecular weight excluding hydrogens is 294 g/mol. The molecule has 0 aliphatic heterocycles. The van der Waals surface area contributed by atoms with Crippen molar-refractivity contribution in [1.82, 2.24) is 0 Å². The smallest absolute Gasteiger partial charge is 0.224 e. The van der Waals surface area contributed by atoms with E-state index in [1.807, 2.05) is 6.07 Å². The second-order valence-electron chi connectivity index (χ2n) is 4.97. The van der Waals surface area contributed by atoms with Crippen molar-refractivity contribution in [1.29, 1.82) is 0 Å². The lowest BCUT2D eigenvalue weighted by Gasteiger charge is -2.21. The van der Waals surface area contributed by atoms with Gasteiger partial charge in [-0.2, -0.15) is 0 Å². The molecule has 5 nitrogen and oxygen atoms in total. The number of carbonyl (C=O) groups is 2. The van der Waals surface area contributed by atoms with Gasteiger partial charge in [0.15, 0.2) is 5.78 Å². The highest BCUT2D eigenvalue weighted by molar-refractivity contribution is 6.05. The van der Waals surface area contributed by atoms with Gasteiger partial charge in [0.05, 0.1) is 26.5 Å². The summed E-state index contributed by atoms with van der Waals surface area (Å²) in [6.45, 7) is 1.37. The van der Waals surface area contributed by atoms with Crippen molar-refractivity contribution < 1.29 is 19.1 Å². The largest absolute Gasteiger partial charge is 0.497 e. The van der Waals surface area contributed by atoms with Crippen molar-refractivity contribution in [2.45, 2.75) is 6.92 Å². The Kier molecular flexibility index (Phi) is 5.36. The van der Waals surface area contributed by atoms with Crippen LogP contribution in [0.2, 0.25) is 0 Å². The number of anilines is 1. The molecule has 0 radical (unpaired) electrons. The minimum atomic E-state index is -0.232. The summed E-state index contributed by atoms with van der Waals surface area (Å²) >= 11 is 0. The van der Waals surface area contributed by atoms with E-state index < -0.39 is 0 Å². The van der Waals surface area contributed by atoms with Crippen LogP contribution in [-0.4, -0.2) is 32.5 Å². The van der Waals surface area contributed by atoms with Crippen LogP contribution in [0.1, 0.15) is 17.3 Å². The fourth-order valence-corrected chi connectivity index (χ4v) is 2.19. The van der Waals surface area contributed by atoms with Gasteiger partial charge in [0.25, 0.3) is 0 Å². The van der Waals surface area contributed by atoms with Gasteiger partial charge < -0.3 is 14.4 Å². The lowest BCUT2D eigenvalue weighted by atomic mass is 10.1. The lowest BCUT2D eigenvalue weighted by Crippen LogP contribution is -2.34. The third kappa shape index (κ3) is 4.10. The molecule has 0 atom stereocenters. The van der Waals surface area contributed by atoms with Crippen LogP contribution in [0.4, 0.5) is 5.69 Å². The minimum Gasteiger partial charge on any atom is -0.497 e. The fourth-order valence-electron chi connectivity index (χ4n) is 2.19. The highest BCUT2D eigenvalue weighted by Crippen LogP contribution is 2.28. The van der Waals surface area contributed by atoms with Gasteiger partial charge in [-0.25, -0.2) is 0 Å². The molecule has 0 saturated carbocycles. The molecule has 0 fully saturated rings. The number of carbonyl (C=O) groups excluding carboxylic acids is 2. The average molecular weight is 313 g/mol. The predicted molar refractivity (Wildman–Crippen MR) is 88.3 cm³/mol. The molecule has 120 valence electrons. The van der Waals surface area contributed by atoms with Crippen LogP contribution in [0.15, 0.2) is 48.5 Å². The Balaban J connectivity index is 2.32. The van der Waals surface area contributed by atoms with Crippen LogP contribution < -0.4 is 14.4 Å². The summed E-state index contributed by atoms with van der Waals surface area (Å²) in [5.41, 5.74) is 1.12. The number of ketones is 1. The molecule has 0 aliphatic rings. The maximum atomic E-state index is 12.4. The van der Waals surface area contributed by atoms with Crippen molar-refractivity contribution in [3.63, 3.8) is 0 Å². The molecule has 0 N–H and O–H groups in total. The number of Topliss-reactive ketones (excluding diaryl/α,β-unsaturated/α-hetero) is 1. The Morgan fingerprint density at radius 1 is 0.957 bits per heavy atom. The van der Waals surface area contributed by atoms with Gasteiger partial charge in [0, 0.05) is 30.7 Å². The summed E-state index contributed by atoms with van der Waals surface area (Å²) in [6, 6.07) is 14.0. The van der Waals surface area contributed by atoms with Gasteiger partial charge in [0.1, 0.15) is 11.5 Å². The molecule has 2 rings (SSSR count). The van der Waals surface area contributed by atoms with Gasteiger partial charge in [0.2, 0.25) is 5.91 Å². The quantitative estimate of drug-likeness (QED) is 0.769. The van der Waals surface area contributed by atoms with Crippen LogP contribution >= 0.6 is 0 Å². The van der Waals surface area contributed by atoms with Crippen molar-refractivity contribution in [2.24, 2.45) is 0 Å². The molecule has 0 spiro atoms. The molecule has 5 heteroatoms. The first-order valence-electron chi connectivity index (χ1n) is 7.14. The second kappa shape index (κ2) is 7.45. The number of methoxy groups -OCH3 is 2. The normalized spacial score (nSPS) is 10.0. The topological polar surface area (TPSA) is 55.8 Å². The van der Waals surface area contributed by atoms with E-state index in [4.69, 9.17) is 9.47 Å². The summed E-state index contributed by atoms with van der Waals surface area (Å²) in [4.78, 5) is 25.8. The van der Waals surface area contributed by atoms with Crippen molar-refractivity contribution in [3.05, 3.63) is 54.1 Å². The Morgan fingerprint density at radius 3 is 2.00 bits per heavy atom. The molecule has 0 saturated heterocycles. The van der Waals surface area contributed by atoms with Gasteiger partial charge in [-0.05, 0) is 0 Å². The summed E-state index contributed by atoms with van der Waals surface area (Å²) in [7, 11) is 3.07. The minimum absolute atomic E-state index is 0.0460. The summed E-state index contributed by atoms with van der Waals surface area (Å²) in [5.74, 6) is 0.739. The molecule has 0 unspecified atom stereocenters. The first kappa shape index (κ1) is 16.5. The van der Waals surface area contributed by atoms with Crippen LogP contribution in [0.3, 0.4) is 0 Å². The van der Waals surface area contributed by atoms with Gasteiger partial charge >= 0.3 is 0 Å².